The van der Waals surface area contributed by atoms with Crippen LogP contribution in [0.2, 0.25) is 0 Å². The number of methoxy groups -OCH3 is 1. The van der Waals surface area contributed by atoms with Gasteiger partial charge in [0, 0.05) is 38.4 Å². The summed E-state index contributed by atoms with van der Waals surface area (Å²) >= 11 is 0. The third kappa shape index (κ3) is 3.10. The normalized spacial score (nSPS) is 20.9. The Balaban J connectivity index is 1.83. The molecular formula is C13H21N3O2. The molecule has 1 fully saturated rings. The van der Waals surface area contributed by atoms with Gasteiger partial charge in [-0.1, -0.05) is 0 Å². The lowest BCUT2D eigenvalue weighted by atomic mass is 9.98. The van der Waals surface area contributed by atoms with Gasteiger partial charge in [-0.3, -0.25) is 9.48 Å². The van der Waals surface area contributed by atoms with Crippen LogP contribution in [0.25, 0.3) is 0 Å². The molecular weight excluding hydrogens is 230 g/mol. The number of esters is 1. The molecule has 0 bridgehead atoms. The molecule has 2 heterocycles. The molecule has 0 amide bonds. The van der Waals surface area contributed by atoms with Gasteiger partial charge in [0.2, 0.25) is 0 Å². The summed E-state index contributed by atoms with van der Waals surface area (Å²) in [7, 11) is 3.43. The number of likely N-dealkylation sites (tertiary alicyclic amines) is 1. The van der Waals surface area contributed by atoms with Crippen molar-refractivity contribution in [3.8, 4) is 0 Å². The molecule has 1 atom stereocenters. The molecule has 1 saturated heterocycles. The Morgan fingerprint density at radius 1 is 1.61 bits per heavy atom. The van der Waals surface area contributed by atoms with E-state index in [1.165, 1.54) is 12.8 Å². The molecule has 100 valence electrons. The van der Waals surface area contributed by atoms with E-state index in [-0.39, 0.29) is 11.9 Å². The summed E-state index contributed by atoms with van der Waals surface area (Å²) in [5, 5.41) is 4.16. The molecule has 1 aromatic heterocycles. The van der Waals surface area contributed by atoms with Gasteiger partial charge in [0.15, 0.2) is 0 Å². The van der Waals surface area contributed by atoms with Crippen LogP contribution in [0.1, 0.15) is 18.5 Å². The molecule has 2 rings (SSSR count). The van der Waals surface area contributed by atoms with Crippen molar-refractivity contribution >= 4 is 5.97 Å². The van der Waals surface area contributed by atoms with Crippen molar-refractivity contribution in [2.24, 2.45) is 13.0 Å². The molecule has 0 aromatic carbocycles. The number of hydrogen-bond acceptors (Lipinski definition) is 4. The van der Waals surface area contributed by atoms with Gasteiger partial charge in [0.25, 0.3) is 0 Å². The summed E-state index contributed by atoms with van der Waals surface area (Å²) in [5.41, 5.74) is 1.23. The van der Waals surface area contributed by atoms with Crippen LogP contribution in [0, 0.1) is 5.92 Å². The summed E-state index contributed by atoms with van der Waals surface area (Å²) in [6, 6.07) is 2.04. The first-order chi connectivity index (χ1) is 8.70. The van der Waals surface area contributed by atoms with Gasteiger partial charge in [0.1, 0.15) is 0 Å². The SMILES string of the molecule is COC(=O)C1CCCN(CCc2ccnn2C)C1. The Bertz CT molecular complexity index is 403. The molecule has 5 heteroatoms. The molecule has 1 aliphatic rings. The fourth-order valence-electron chi connectivity index (χ4n) is 2.54. The molecule has 18 heavy (non-hydrogen) atoms. The van der Waals surface area contributed by atoms with Gasteiger partial charge in [0.05, 0.1) is 13.0 Å². The number of nitrogens with zero attached hydrogens (tertiary/aromatic N) is 3. The van der Waals surface area contributed by atoms with Crippen molar-refractivity contribution in [1.29, 1.82) is 0 Å². The highest BCUT2D eigenvalue weighted by Gasteiger charge is 2.26. The highest BCUT2D eigenvalue weighted by Crippen LogP contribution is 2.17. The van der Waals surface area contributed by atoms with E-state index in [1.54, 1.807) is 0 Å². The second-order valence-corrected chi connectivity index (χ2v) is 4.86. The molecule has 0 N–H and O–H groups in total. The average Bonchev–Trinajstić information content (AvgIpc) is 2.81. The van der Waals surface area contributed by atoms with Crippen LogP contribution in [0.4, 0.5) is 0 Å². The maximum atomic E-state index is 11.5. The van der Waals surface area contributed by atoms with Crippen LogP contribution >= 0.6 is 0 Å². The van der Waals surface area contributed by atoms with Crippen LogP contribution in [0.3, 0.4) is 0 Å². The monoisotopic (exact) mass is 251 g/mol. The van der Waals surface area contributed by atoms with Gasteiger partial charge in [-0.25, -0.2) is 0 Å². The second kappa shape index (κ2) is 6.00. The van der Waals surface area contributed by atoms with Crippen LogP contribution in [-0.4, -0.2) is 47.4 Å². The highest BCUT2D eigenvalue weighted by atomic mass is 16.5. The minimum absolute atomic E-state index is 0.0512. The highest BCUT2D eigenvalue weighted by molar-refractivity contribution is 5.72. The van der Waals surface area contributed by atoms with Gasteiger partial charge in [-0.05, 0) is 25.5 Å². The van der Waals surface area contributed by atoms with Gasteiger partial charge in [-0.2, -0.15) is 5.10 Å². The Hall–Kier alpha value is -1.36. The zero-order valence-corrected chi connectivity index (χ0v) is 11.1. The molecule has 1 aliphatic heterocycles. The molecule has 0 saturated carbocycles. The summed E-state index contributed by atoms with van der Waals surface area (Å²) in [6.07, 6.45) is 4.83. The minimum Gasteiger partial charge on any atom is -0.469 e. The standard InChI is InChI=1S/C13H21N3O2/c1-15-12(5-7-14-15)6-9-16-8-3-4-11(10-16)13(17)18-2/h5,7,11H,3-4,6,8-10H2,1-2H3. The van der Waals surface area contributed by atoms with Gasteiger partial charge in [-0.15, -0.1) is 0 Å². The Morgan fingerprint density at radius 3 is 3.11 bits per heavy atom. The van der Waals surface area contributed by atoms with Crippen molar-refractivity contribution in [2.75, 3.05) is 26.7 Å². The van der Waals surface area contributed by atoms with E-state index in [0.29, 0.717) is 0 Å². The molecule has 5 nitrogen and oxygen atoms in total. The average molecular weight is 251 g/mol. The fraction of sp³-hybridized carbons (Fsp3) is 0.692. The molecule has 0 aliphatic carbocycles. The lowest BCUT2D eigenvalue weighted by Gasteiger charge is -2.31. The van der Waals surface area contributed by atoms with Crippen molar-refractivity contribution < 1.29 is 9.53 Å². The summed E-state index contributed by atoms with van der Waals surface area (Å²) in [5.74, 6) is -0.0180. The topological polar surface area (TPSA) is 47.4 Å². The summed E-state index contributed by atoms with van der Waals surface area (Å²) < 4.78 is 6.73. The van der Waals surface area contributed by atoms with Gasteiger partial charge < -0.3 is 9.64 Å². The number of ether oxygens (including phenoxy) is 1. The lowest BCUT2D eigenvalue weighted by molar-refractivity contribution is -0.147. The van der Waals surface area contributed by atoms with E-state index < -0.39 is 0 Å². The number of hydrogen-bond donors (Lipinski definition) is 0. The molecule has 1 aromatic rings. The second-order valence-electron chi connectivity index (χ2n) is 4.86. The van der Waals surface area contributed by atoms with E-state index >= 15 is 0 Å². The van der Waals surface area contributed by atoms with Crippen LogP contribution in [-0.2, 0) is 23.0 Å². The number of carbonyl (C=O) groups excluding carboxylic acids is 1. The van der Waals surface area contributed by atoms with Crippen molar-refractivity contribution in [2.45, 2.75) is 19.3 Å². The fourth-order valence-corrected chi connectivity index (χ4v) is 2.54. The summed E-state index contributed by atoms with van der Waals surface area (Å²) in [4.78, 5) is 13.9. The maximum absolute atomic E-state index is 11.5. The molecule has 1 unspecified atom stereocenters. The first-order valence-corrected chi connectivity index (χ1v) is 6.47. The van der Waals surface area contributed by atoms with Crippen LogP contribution < -0.4 is 0 Å². The van der Waals surface area contributed by atoms with E-state index in [4.69, 9.17) is 4.74 Å². The number of aryl methyl sites for hydroxylation is 1. The van der Waals surface area contributed by atoms with E-state index in [1.807, 2.05) is 24.0 Å². The number of rotatable bonds is 4. The van der Waals surface area contributed by atoms with E-state index in [0.717, 1.165) is 38.9 Å². The quantitative estimate of drug-likeness (QED) is 0.744. The van der Waals surface area contributed by atoms with E-state index in [9.17, 15) is 4.79 Å². The van der Waals surface area contributed by atoms with Crippen molar-refractivity contribution in [1.82, 2.24) is 14.7 Å². The molecule has 0 spiro atoms. The molecule has 0 radical (unpaired) electrons. The minimum atomic E-state index is -0.0692. The number of piperidine rings is 1. The smallest absolute Gasteiger partial charge is 0.309 e. The first-order valence-electron chi connectivity index (χ1n) is 6.47. The Kier molecular flexibility index (Phi) is 4.36. The number of aromatic nitrogens is 2. The van der Waals surface area contributed by atoms with E-state index in [2.05, 4.69) is 10.00 Å². The van der Waals surface area contributed by atoms with Gasteiger partial charge >= 0.3 is 5.97 Å². The maximum Gasteiger partial charge on any atom is 0.309 e. The largest absolute Gasteiger partial charge is 0.469 e. The lowest BCUT2D eigenvalue weighted by Crippen LogP contribution is -2.40. The predicted octanol–water partition coefficient (Wildman–Crippen LogP) is 0.848. The third-order valence-electron chi connectivity index (χ3n) is 3.65. The zero-order valence-electron chi connectivity index (χ0n) is 11.1. The van der Waals surface area contributed by atoms with Crippen molar-refractivity contribution in [3.63, 3.8) is 0 Å². The summed E-state index contributed by atoms with van der Waals surface area (Å²) in [6.45, 7) is 2.88. The third-order valence-corrected chi connectivity index (χ3v) is 3.65. The first kappa shape index (κ1) is 13.1. The van der Waals surface area contributed by atoms with Crippen LogP contribution in [0.5, 0.6) is 0 Å². The van der Waals surface area contributed by atoms with Crippen molar-refractivity contribution in [3.05, 3.63) is 18.0 Å². The Morgan fingerprint density at radius 2 is 2.44 bits per heavy atom. The van der Waals surface area contributed by atoms with Crippen LogP contribution in [0.15, 0.2) is 12.3 Å². The Labute approximate surface area is 108 Å². The predicted molar refractivity (Wildman–Crippen MR) is 68.1 cm³/mol. The zero-order chi connectivity index (χ0) is 13.0. The number of carbonyl (C=O) groups is 1.